The molecule has 0 aliphatic heterocycles. The number of nitrogens with zero attached hydrogens (tertiary/aromatic N) is 5. The normalized spacial score (nSPS) is 11.1. The molecule has 0 atom stereocenters. The van der Waals surface area contributed by atoms with Crippen LogP contribution in [-0.4, -0.2) is 129 Å². The van der Waals surface area contributed by atoms with E-state index in [2.05, 4.69) is 20.6 Å². The van der Waals surface area contributed by atoms with Crippen LogP contribution >= 0.6 is 22.7 Å². The SMILES string of the molecule is CC.O=C(O)CN(CCN(CC(=O)O)CC(=O)Nc1ccc(-c2nc3ccccc3s2)cc1)CCN(CC(=O)O)CC(=O)Nc1ccc(-c2nc3ccccc3s2)cc1. The molecule has 0 saturated carbocycles. The highest BCUT2D eigenvalue weighted by Gasteiger charge is 2.20. The van der Waals surface area contributed by atoms with Gasteiger partial charge in [-0.2, -0.15) is 0 Å². The van der Waals surface area contributed by atoms with Gasteiger partial charge in [-0.15, -0.1) is 22.7 Å². The molecule has 0 unspecified atom stereocenters. The number of anilines is 2. The van der Waals surface area contributed by atoms with Gasteiger partial charge in [-0.3, -0.25) is 38.7 Å². The Hall–Kier alpha value is -6.11. The molecule has 17 heteroatoms. The van der Waals surface area contributed by atoms with Crippen LogP contribution in [0.5, 0.6) is 0 Å². The number of thiazole rings is 2. The molecule has 0 bridgehead atoms. The maximum atomic E-state index is 13.0. The summed E-state index contributed by atoms with van der Waals surface area (Å²) in [6, 6.07) is 29.9. The molecule has 2 amide bonds. The third-order valence-electron chi connectivity index (χ3n) is 8.69. The number of aromatic nitrogens is 2. The van der Waals surface area contributed by atoms with Crippen molar-refractivity contribution in [1.82, 2.24) is 24.7 Å². The van der Waals surface area contributed by atoms with E-state index in [1.807, 2.05) is 86.6 Å². The summed E-state index contributed by atoms with van der Waals surface area (Å²) in [5, 5.41) is 35.9. The molecule has 0 saturated heterocycles. The molecule has 15 nitrogen and oxygen atoms in total. The molecule has 308 valence electrons. The van der Waals surface area contributed by atoms with Crippen LogP contribution in [0.2, 0.25) is 0 Å². The fraction of sp³-hybridized carbons (Fsp3) is 0.262. The Balaban J connectivity index is 0.00000326. The molecule has 2 heterocycles. The number of carboxylic acids is 3. The van der Waals surface area contributed by atoms with E-state index in [-0.39, 0.29) is 39.3 Å². The molecule has 0 radical (unpaired) electrons. The van der Waals surface area contributed by atoms with E-state index in [0.717, 1.165) is 41.6 Å². The predicted octanol–water partition coefficient (Wildman–Crippen LogP) is 6.00. The van der Waals surface area contributed by atoms with E-state index in [0.29, 0.717) is 11.4 Å². The molecule has 0 aliphatic rings. The summed E-state index contributed by atoms with van der Waals surface area (Å²) in [5.41, 5.74) is 4.59. The van der Waals surface area contributed by atoms with Crippen molar-refractivity contribution in [2.45, 2.75) is 13.8 Å². The summed E-state index contributed by atoms with van der Waals surface area (Å²) >= 11 is 3.11. The van der Waals surface area contributed by atoms with Crippen molar-refractivity contribution in [3.05, 3.63) is 97.1 Å². The second-order valence-corrected chi connectivity index (χ2v) is 15.2. The fourth-order valence-corrected chi connectivity index (χ4v) is 7.97. The lowest BCUT2D eigenvalue weighted by atomic mass is 10.2. The van der Waals surface area contributed by atoms with Gasteiger partial charge in [-0.05, 0) is 72.8 Å². The van der Waals surface area contributed by atoms with Gasteiger partial charge in [0, 0.05) is 48.7 Å². The van der Waals surface area contributed by atoms with Gasteiger partial charge in [0.05, 0.1) is 53.2 Å². The lowest BCUT2D eigenvalue weighted by Gasteiger charge is -2.28. The standard InChI is InChI=1S/C40H39N7O8S2.C2H6/c48-34(41-28-13-9-26(10-14-28)39-43-30-5-1-3-7-32(30)56-39)21-46(24-37(52)53)19-17-45(23-36(50)51)18-20-47(25-38(54)55)22-35(49)42-29-15-11-27(12-16-29)40-44-31-6-2-4-8-33(31)57-40;1-2/h1-16H,17-25H2,(H,41,48)(H,42,49)(H,50,51)(H,52,53)(H,54,55);1-2H3. The maximum absolute atomic E-state index is 13.0. The van der Waals surface area contributed by atoms with Gasteiger partial charge in [0.1, 0.15) is 10.0 Å². The molecule has 6 rings (SSSR count). The number of hydrogen-bond acceptors (Lipinski definition) is 12. The topological polar surface area (TPSA) is 206 Å². The van der Waals surface area contributed by atoms with Crippen LogP contribution in [0.1, 0.15) is 13.8 Å². The first-order valence-corrected chi connectivity index (χ1v) is 20.4. The molecule has 0 aliphatic carbocycles. The highest BCUT2D eigenvalue weighted by molar-refractivity contribution is 7.22. The number of benzene rings is 4. The van der Waals surface area contributed by atoms with Crippen molar-refractivity contribution in [2.24, 2.45) is 0 Å². The summed E-state index contributed by atoms with van der Waals surface area (Å²) in [7, 11) is 0. The Morgan fingerprint density at radius 1 is 0.492 bits per heavy atom. The Morgan fingerprint density at radius 3 is 1.19 bits per heavy atom. The third-order valence-corrected chi connectivity index (χ3v) is 10.9. The summed E-state index contributed by atoms with van der Waals surface area (Å²) in [6.45, 7) is 2.22. The first kappa shape index (κ1) is 44.0. The highest BCUT2D eigenvalue weighted by Crippen LogP contribution is 2.32. The number of nitrogens with one attached hydrogen (secondary N) is 2. The smallest absolute Gasteiger partial charge is 0.317 e. The molecule has 4 aromatic carbocycles. The van der Waals surface area contributed by atoms with Crippen LogP contribution in [-0.2, 0) is 24.0 Å². The monoisotopic (exact) mass is 839 g/mol. The molecular formula is C42H45N7O8S2. The van der Waals surface area contributed by atoms with E-state index < -0.39 is 49.4 Å². The Bertz CT molecular complexity index is 2140. The van der Waals surface area contributed by atoms with E-state index in [1.54, 1.807) is 46.9 Å². The number of para-hydroxylation sites is 2. The van der Waals surface area contributed by atoms with Crippen LogP contribution < -0.4 is 10.6 Å². The number of carbonyl (C=O) groups excluding carboxylic acids is 2. The van der Waals surface area contributed by atoms with Crippen LogP contribution in [0, 0.1) is 0 Å². The molecule has 6 aromatic rings. The Labute approximate surface area is 348 Å². The molecule has 2 aromatic heterocycles. The number of hydrogen-bond donors (Lipinski definition) is 5. The number of amides is 2. The van der Waals surface area contributed by atoms with Crippen molar-refractivity contribution in [2.75, 3.05) is 69.5 Å². The number of carbonyl (C=O) groups is 5. The average Bonchev–Trinajstić information content (AvgIpc) is 3.85. The summed E-state index contributed by atoms with van der Waals surface area (Å²) < 4.78 is 2.12. The Kier molecular flexibility index (Phi) is 16.1. The van der Waals surface area contributed by atoms with E-state index in [4.69, 9.17) is 0 Å². The van der Waals surface area contributed by atoms with E-state index in [1.165, 1.54) is 14.7 Å². The van der Waals surface area contributed by atoms with Gasteiger partial charge in [0.2, 0.25) is 11.8 Å². The molecular weight excluding hydrogens is 795 g/mol. The minimum absolute atomic E-state index is 0.0238. The van der Waals surface area contributed by atoms with Gasteiger partial charge >= 0.3 is 17.9 Å². The fourth-order valence-electron chi connectivity index (χ4n) is 6.03. The highest BCUT2D eigenvalue weighted by atomic mass is 32.1. The minimum Gasteiger partial charge on any atom is -0.480 e. The lowest BCUT2D eigenvalue weighted by Crippen LogP contribution is -2.46. The number of carboxylic acid groups (broad SMARTS) is 3. The van der Waals surface area contributed by atoms with Crippen molar-refractivity contribution >= 4 is 84.2 Å². The molecule has 0 fully saturated rings. The van der Waals surface area contributed by atoms with Crippen molar-refractivity contribution in [1.29, 1.82) is 0 Å². The number of rotatable bonds is 20. The molecule has 59 heavy (non-hydrogen) atoms. The Morgan fingerprint density at radius 2 is 0.831 bits per heavy atom. The first-order valence-electron chi connectivity index (χ1n) is 18.8. The average molecular weight is 840 g/mol. The zero-order valence-electron chi connectivity index (χ0n) is 32.5. The van der Waals surface area contributed by atoms with Crippen molar-refractivity contribution in [3.63, 3.8) is 0 Å². The van der Waals surface area contributed by atoms with Gasteiger partial charge in [-0.1, -0.05) is 38.1 Å². The maximum Gasteiger partial charge on any atom is 0.317 e. The van der Waals surface area contributed by atoms with Crippen LogP contribution in [0.3, 0.4) is 0 Å². The predicted molar refractivity (Wildman–Crippen MR) is 231 cm³/mol. The number of aliphatic carboxylic acids is 3. The van der Waals surface area contributed by atoms with Gasteiger partial charge < -0.3 is 26.0 Å². The van der Waals surface area contributed by atoms with E-state index >= 15 is 0 Å². The minimum atomic E-state index is -1.17. The summed E-state index contributed by atoms with van der Waals surface area (Å²) in [6.07, 6.45) is 0. The van der Waals surface area contributed by atoms with Crippen LogP contribution in [0.15, 0.2) is 97.1 Å². The summed E-state index contributed by atoms with van der Waals surface area (Å²) in [4.78, 5) is 74.7. The second kappa shape index (κ2) is 21.6. The van der Waals surface area contributed by atoms with Gasteiger partial charge in [-0.25, -0.2) is 9.97 Å². The lowest BCUT2D eigenvalue weighted by molar-refractivity contribution is -0.140. The van der Waals surface area contributed by atoms with Crippen molar-refractivity contribution < 1.29 is 39.3 Å². The quantitative estimate of drug-likeness (QED) is 0.0599. The molecule has 0 spiro atoms. The van der Waals surface area contributed by atoms with Crippen LogP contribution in [0.4, 0.5) is 11.4 Å². The zero-order chi connectivity index (χ0) is 42.3. The van der Waals surface area contributed by atoms with Crippen molar-refractivity contribution in [3.8, 4) is 21.1 Å². The third kappa shape index (κ3) is 13.5. The van der Waals surface area contributed by atoms with E-state index in [9.17, 15) is 39.3 Å². The zero-order valence-corrected chi connectivity index (χ0v) is 34.2. The van der Waals surface area contributed by atoms with Gasteiger partial charge in [0.15, 0.2) is 0 Å². The second-order valence-electron chi connectivity index (χ2n) is 13.1. The van der Waals surface area contributed by atoms with Crippen LogP contribution in [0.25, 0.3) is 41.6 Å². The summed E-state index contributed by atoms with van der Waals surface area (Å²) in [5.74, 6) is -4.41. The number of fused-ring (bicyclic) bond motifs is 2. The molecule has 5 N–H and O–H groups in total. The largest absolute Gasteiger partial charge is 0.480 e. The van der Waals surface area contributed by atoms with Gasteiger partial charge in [0.25, 0.3) is 0 Å². The first-order chi connectivity index (χ1) is 28.5.